The van der Waals surface area contributed by atoms with Crippen LogP contribution in [0.2, 0.25) is 0 Å². The summed E-state index contributed by atoms with van der Waals surface area (Å²) in [5.41, 5.74) is 2.02. The lowest BCUT2D eigenvalue weighted by Gasteiger charge is -2.36. The maximum Gasteiger partial charge on any atom is 0.222 e. The first kappa shape index (κ1) is 21.0. The van der Waals surface area contributed by atoms with Gasteiger partial charge >= 0.3 is 0 Å². The van der Waals surface area contributed by atoms with E-state index in [2.05, 4.69) is 40.2 Å². The van der Waals surface area contributed by atoms with E-state index in [1.165, 1.54) is 0 Å². The van der Waals surface area contributed by atoms with Crippen LogP contribution in [-0.4, -0.2) is 57.1 Å². The zero-order chi connectivity index (χ0) is 21.1. The summed E-state index contributed by atoms with van der Waals surface area (Å²) in [6.07, 6.45) is 8.10. The van der Waals surface area contributed by atoms with Crippen LogP contribution in [0.25, 0.3) is 0 Å². The van der Waals surface area contributed by atoms with Crippen LogP contribution >= 0.6 is 0 Å². The highest BCUT2D eigenvalue weighted by molar-refractivity contribution is 5.76. The van der Waals surface area contributed by atoms with Gasteiger partial charge in [0.2, 0.25) is 5.91 Å². The van der Waals surface area contributed by atoms with Gasteiger partial charge in [-0.15, -0.1) is 5.10 Å². The monoisotopic (exact) mass is 411 g/mol. The molecule has 2 fully saturated rings. The summed E-state index contributed by atoms with van der Waals surface area (Å²) < 4.78 is 7.87. The molecule has 162 valence electrons. The second kappa shape index (κ2) is 9.25. The SMILES string of the molecule is CO[C@@H]1C[C@H]2CN(C(=O)CCc3ccccn3)C[C@H]2C[C@H]1n1cc(CC(C)C)nn1. The largest absolute Gasteiger partial charge is 0.379 e. The number of pyridine rings is 1. The molecule has 1 aliphatic heterocycles. The smallest absolute Gasteiger partial charge is 0.222 e. The first-order chi connectivity index (χ1) is 14.5. The van der Waals surface area contributed by atoms with Gasteiger partial charge in [0, 0.05) is 44.7 Å². The minimum Gasteiger partial charge on any atom is -0.379 e. The third-order valence-electron chi connectivity index (χ3n) is 6.58. The molecule has 1 amide bonds. The fourth-order valence-corrected chi connectivity index (χ4v) is 5.05. The summed E-state index contributed by atoms with van der Waals surface area (Å²) in [6.45, 7) is 6.07. The minimum absolute atomic E-state index is 0.114. The van der Waals surface area contributed by atoms with Gasteiger partial charge in [-0.05, 0) is 55.6 Å². The number of likely N-dealkylation sites (tertiary alicyclic amines) is 1. The topological polar surface area (TPSA) is 73.1 Å². The van der Waals surface area contributed by atoms with Crippen LogP contribution in [0.1, 0.15) is 50.5 Å². The van der Waals surface area contributed by atoms with Crippen molar-refractivity contribution in [1.82, 2.24) is 24.9 Å². The first-order valence-corrected chi connectivity index (χ1v) is 11.1. The molecule has 7 heteroatoms. The molecule has 0 N–H and O–H groups in total. The zero-order valence-electron chi connectivity index (χ0n) is 18.3. The van der Waals surface area contributed by atoms with Crippen molar-refractivity contribution in [1.29, 1.82) is 0 Å². The highest BCUT2D eigenvalue weighted by Crippen LogP contribution is 2.42. The Morgan fingerprint density at radius 2 is 2.00 bits per heavy atom. The number of hydrogen-bond donors (Lipinski definition) is 0. The predicted molar refractivity (Wildman–Crippen MR) is 114 cm³/mol. The molecule has 0 spiro atoms. The maximum atomic E-state index is 12.8. The number of carbonyl (C=O) groups is 1. The standard InChI is InChI=1S/C23H33N5O2/c1-16(2)10-20-15-28(26-25-20)21-11-17-13-27(14-18(17)12-22(21)30-3)23(29)8-7-19-6-4-5-9-24-19/h4-6,9,15-18,21-22H,7-8,10-14H2,1-3H3/t17-,18+,21-,22-/m1/s1. The molecule has 1 aliphatic carbocycles. The first-order valence-electron chi connectivity index (χ1n) is 11.1. The Labute approximate surface area is 178 Å². The van der Waals surface area contributed by atoms with Crippen molar-refractivity contribution in [2.24, 2.45) is 17.8 Å². The number of fused-ring (bicyclic) bond motifs is 1. The molecule has 30 heavy (non-hydrogen) atoms. The Morgan fingerprint density at radius 1 is 1.20 bits per heavy atom. The van der Waals surface area contributed by atoms with Gasteiger partial charge in [0.25, 0.3) is 0 Å². The normalized spacial score (nSPS) is 26.2. The van der Waals surface area contributed by atoms with E-state index in [1.54, 1.807) is 13.3 Å². The summed E-state index contributed by atoms with van der Waals surface area (Å²) >= 11 is 0. The third-order valence-corrected chi connectivity index (χ3v) is 6.58. The molecule has 4 atom stereocenters. The number of amides is 1. The van der Waals surface area contributed by atoms with Crippen LogP contribution in [-0.2, 0) is 22.4 Å². The van der Waals surface area contributed by atoms with Gasteiger partial charge in [-0.3, -0.25) is 9.78 Å². The Hall–Kier alpha value is -2.28. The Kier molecular flexibility index (Phi) is 6.46. The van der Waals surface area contributed by atoms with Crippen LogP contribution < -0.4 is 0 Å². The van der Waals surface area contributed by atoms with E-state index in [9.17, 15) is 4.79 Å². The van der Waals surface area contributed by atoms with Crippen LogP contribution in [0.4, 0.5) is 0 Å². The van der Waals surface area contributed by atoms with Gasteiger partial charge < -0.3 is 9.64 Å². The van der Waals surface area contributed by atoms with Gasteiger partial charge in [0.05, 0.1) is 17.8 Å². The number of ether oxygens (including phenoxy) is 1. The Morgan fingerprint density at radius 3 is 2.70 bits per heavy atom. The van der Waals surface area contributed by atoms with Gasteiger partial charge in [-0.1, -0.05) is 25.1 Å². The molecule has 7 nitrogen and oxygen atoms in total. The van der Waals surface area contributed by atoms with Crippen LogP contribution in [0.5, 0.6) is 0 Å². The highest BCUT2D eigenvalue weighted by Gasteiger charge is 2.44. The molecule has 4 rings (SSSR count). The number of nitrogens with zero attached hydrogens (tertiary/aromatic N) is 5. The molecule has 1 saturated heterocycles. The fourth-order valence-electron chi connectivity index (χ4n) is 5.05. The van der Waals surface area contributed by atoms with E-state index in [0.29, 0.717) is 30.6 Å². The van der Waals surface area contributed by atoms with Gasteiger partial charge in [-0.25, -0.2) is 4.68 Å². The van der Waals surface area contributed by atoms with E-state index in [0.717, 1.165) is 43.7 Å². The van der Waals surface area contributed by atoms with E-state index >= 15 is 0 Å². The summed E-state index contributed by atoms with van der Waals surface area (Å²) in [5.74, 6) is 1.80. The van der Waals surface area contributed by atoms with Gasteiger partial charge in [0.15, 0.2) is 0 Å². The molecular weight excluding hydrogens is 378 g/mol. The third kappa shape index (κ3) is 4.72. The lowest BCUT2D eigenvalue weighted by molar-refractivity contribution is -0.130. The number of methoxy groups -OCH3 is 1. The molecule has 2 aromatic rings. The number of rotatable bonds is 7. The summed E-state index contributed by atoms with van der Waals surface area (Å²) in [4.78, 5) is 19.2. The Bertz CT molecular complexity index is 837. The van der Waals surface area contributed by atoms with Crippen molar-refractivity contribution in [2.75, 3.05) is 20.2 Å². The number of hydrogen-bond acceptors (Lipinski definition) is 5. The maximum absolute atomic E-state index is 12.8. The van der Waals surface area contributed by atoms with Crippen molar-refractivity contribution in [3.63, 3.8) is 0 Å². The molecule has 0 unspecified atom stereocenters. The van der Waals surface area contributed by atoms with Crippen molar-refractivity contribution in [3.8, 4) is 0 Å². The second-order valence-corrected chi connectivity index (χ2v) is 9.24. The van der Waals surface area contributed by atoms with Gasteiger partial charge in [0.1, 0.15) is 0 Å². The number of carbonyl (C=O) groups excluding carboxylic acids is 1. The van der Waals surface area contributed by atoms with E-state index in [-0.39, 0.29) is 18.1 Å². The van der Waals surface area contributed by atoms with Crippen molar-refractivity contribution >= 4 is 5.91 Å². The lowest BCUT2D eigenvalue weighted by Crippen LogP contribution is -2.37. The van der Waals surface area contributed by atoms with Crippen molar-refractivity contribution in [3.05, 3.63) is 42.0 Å². The molecule has 0 radical (unpaired) electrons. The zero-order valence-corrected chi connectivity index (χ0v) is 18.3. The number of aryl methyl sites for hydroxylation is 1. The molecule has 0 aromatic carbocycles. The average molecular weight is 412 g/mol. The highest BCUT2D eigenvalue weighted by atomic mass is 16.5. The lowest BCUT2D eigenvalue weighted by atomic mass is 9.77. The summed E-state index contributed by atoms with van der Waals surface area (Å²) in [6, 6.07) is 6.04. The second-order valence-electron chi connectivity index (χ2n) is 9.24. The molecular formula is C23H33N5O2. The van der Waals surface area contributed by atoms with E-state index < -0.39 is 0 Å². The van der Waals surface area contributed by atoms with E-state index in [4.69, 9.17) is 4.74 Å². The molecule has 1 saturated carbocycles. The quantitative estimate of drug-likeness (QED) is 0.700. The summed E-state index contributed by atoms with van der Waals surface area (Å²) in [7, 11) is 1.79. The van der Waals surface area contributed by atoms with Crippen LogP contribution in [0.15, 0.2) is 30.6 Å². The van der Waals surface area contributed by atoms with Crippen molar-refractivity contribution in [2.45, 2.75) is 58.1 Å². The predicted octanol–water partition coefficient (Wildman–Crippen LogP) is 2.93. The molecule has 3 heterocycles. The fraction of sp³-hybridized carbons (Fsp3) is 0.652. The minimum atomic E-state index is 0.114. The average Bonchev–Trinajstić information content (AvgIpc) is 3.37. The molecule has 2 aromatic heterocycles. The number of aromatic nitrogens is 4. The molecule has 2 aliphatic rings. The van der Waals surface area contributed by atoms with Crippen LogP contribution in [0, 0.1) is 17.8 Å². The van der Waals surface area contributed by atoms with Crippen molar-refractivity contribution < 1.29 is 9.53 Å². The van der Waals surface area contributed by atoms with E-state index in [1.807, 2.05) is 22.9 Å². The summed E-state index contributed by atoms with van der Waals surface area (Å²) in [5, 5.41) is 8.79. The van der Waals surface area contributed by atoms with Gasteiger partial charge in [-0.2, -0.15) is 0 Å². The Balaban J connectivity index is 1.37. The molecule has 0 bridgehead atoms. The van der Waals surface area contributed by atoms with Crippen LogP contribution in [0.3, 0.4) is 0 Å².